The predicted molar refractivity (Wildman–Crippen MR) is 151 cm³/mol. The maximum absolute atomic E-state index is 15.0. The number of carbonyl (C=O) groups is 1. The monoisotopic (exact) mass is 572 g/mol. The van der Waals surface area contributed by atoms with Crippen LogP contribution >= 0.6 is 23.2 Å². The van der Waals surface area contributed by atoms with Crippen molar-refractivity contribution in [3.63, 3.8) is 0 Å². The summed E-state index contributed by atoms with van der Waals surface area (Å²) in [5.41, 5.74) is 1.78. The van der Waals surface area contributed by atoms with E-state index in [-0.39, 0.29) is 27.0 Å². The highest BCUT2D eigenvalue weighted by Gasteiger charge is 2.27. The highest BCUT2D eigenvalue weighted by Crippen LogP contribution is 2.45. The fourth-order valence-electron chi connectivity index (χ4n) is 4.68. The number of rotatable bonds is 6. The number of ether oxygens (including phenoxy) is 2. The lowest BCUT2D eigenvalue weighted by Gasteiger charge is -2.40. The van der Waals surface area contributed by atoms with Gasteiger partial charge < -0.3 is 25.0 Å². The lowest BCUT2D eigenvalue weighted by atomic mass is 10.0. The van der Waals surface area contributed by atoms with Crippen molar-refractivity contribution in [2.45, 2.75) is 19.4 Å². The number of pyridine rings is 1. The van der Waals surface area contributed by atoms with Gasteiger partial charge in [-0.1, -0.05) is 23.2 Å². The van der Waals surface area contributed by atoms with Crippen molar-refractivity contribution in [2.24, 2.45) is 0 Å². The molecule has 2 aromatic carbocycles. The molecule has 0 radical (unpaired) electrons. The van der Waals surface area contributed by atoms with E-state index in [0.29, 0.717) is 52.6 Å². The van der Waals surface area contributed by atoms with Gasteiger partial charge in [0, 0.05) is 42.4 Å². The summed E-state index contributed by atoms with van der Waals surface area (Å²) < 4.78 is 25.7. The van der Waals surface area contributed by atoms with Crippen LogP contribution in [-0.2, 0) is 0 Å². The SMILES string of the molecule is COc1cc(OC)c(Cl)c(-c2ccc3c(NC(=O)c4ccc(N5CCNC(C)(C)C5)c(F)c4)n[nH]c3n2)c1Cl. The molecule has 2 aromatic heterocycles. The molecule has 0 saturated carbocycles. The molecule has 4 aromatic rings. The van der Waals surface area contributed by atoms with Crippen LogP contribution in [0.4, 0.5) is 15.9 Å². The van der Waals surface area contributed by atoms with E-state index in [0.717, 1.165) is 6.54 Å². The number of halogens is 3. The van der Waals surface area contributed by atoms with E-state index in [4.69, 9.17) is 32.7 Å². The van der Waals surface area contributed by atoms with Gasteiger partial charge in [0.15, 0.2) is 11.5 Å². The minimum absolute atomic E-state index is 0.134. The van der Waals surface area contributed by atoms with Crippen LogP contribution in [0.3, 0.4) is 0 Å². The van der Waals surface area contributed by atoms with Crippen LogP contribution in [0.1, 0.15) is 24.2 Å². The molecule has 0 bridgehead atoms. The van der Waals surface area contributed by atoms with E-state index in [1.807, 2.05) is 4.90 Å². The van der Waals surface area contributed by atoms with Crippen molar-refractivity contribution in [3.8, 4) is 22.8 Å². The number of H-pyrrole nitrogens is 1. The lowest BCUT2D eigenvalue weighted by Crippen LogP contribution is -2.57. The van der Waals surface area contributed by atoms with Gasteiger partial charge in [-0.25, -0.2) is 9.37 Å². The number of benzene rings is 2. The summed E-state index contributed by atoms with van der Waals surface area (Å²) in [6, 6.07) is 9.50. The average molecular weight is 573 g/mol. The quantitative estimate of drug-likeness (QED) is 0.279. The number of fused-ring (bicyclic) bond motifs is 1. The summed E-state index contributed by atoms with van der Waals surface area (Å²) in [6.07, 6.45) is 0. The Hall–Kier alpha value is -3.60. The normalized spacial score (nSPS) is 14.9. The topological polar surface area (TPSA) is 104 Å². The molecule has 3 N–H and O–H groups in total. The highest BCUT2D eigenvalue weighted by atomic mass is 35.5. The molecule has 1 aliphatic rings. The molecule has 39 heavy (non-hydrogen) atoms. The fraction of sp³-hybridized carbons (Fsp3) is 0.296. The molecule has 204 valence electrons. The molecule has 1 amide bonds. The first kappa shape index (κ1) is 27.0. The van der Waals surface area contributed by atoms with E-state index in [1.54, 1.807) is 30.3 Å². The smallest absolute Gasteiger partial charge is 0.256 e. The molecule has 3 heterocycles. The van der Waals surface area contributed by atoms with Gasteiger partial charge in [-0.2, -0.15) is 5.10 Å². The second-order valence-electron chi connectivity index (χ2n) is 9.80. The first-order valence-electron chi connectivity index (χ1n) is 12.2. The van der Waals surface area contributed by atoms with Crippen LogP contribution in [-0.4, -0.2) is 60.5 Å². The Morgan fingerprint density at radius 2 is 1.82 bits per heavy atom. The van der Waals surface area contributed by atoms with Crippen molar-refractivity contribution in [2.75, 3.05) is 44.1 Å². The Bertz CT molecular complexity index is 1550. The summed E-state index contributed by atoms with van der Waals surface area (Å²) in [7, 11) is 2.98. The zero-order valence-electron chi connectivity index (χ0n) is 21.8. The van der Waals surface area contributed by atoms with E-state index in [9.17, 15) is 4.79 Å². The van der Waals surface area contributed by atoms with Crippen LogP contribution in [0.5, 0.6) is 11.5 Å². The first-order chi connectivity index (χ1) is 18.6. The van der Waals surface area contributed by atoms with Gasteiger partial charge in [0.1, 0.15) is 17.3 Å². The van der Waals surface area contributed by atoms with E-state index in [1.165, 1.54) is 20.3 Å². The first-order valence-corrected chi connectivity index (χ1v) is 12.9. The summed E-state index contributed by atoms with van der Waals surface area (Å²) in [4.78, 5) is 19.5. The van der Waals surface area contributed by atoms with Gasteiger partial charge in [-0.3, -0.25) is 9.89 Å². The van der Waals surface area contributed by atoms with Gasteiger partial charge in [-0.15, -0.1) is 0 Å². The second kappa shape index (κ2) is 10.5. The number of amides is 1. The lowest BCUT2D eigenvalue weighted by molar-refractivity contribution is 0.102. The molecule has 1 saturated heterocycles. The fourth-order valence-corrected chi connectivity index (χ4v) is 5.38. The summed E-state index contributed by atoms with van der Waals surface area (Å²) in [5, 5.41) is 14.2. The van der Waals surface area contributed by atoms with Gasteiger partial charge in [0.05, 0.1) is 41.0 Å². The largest absolute Gasteiger partial charge is 0.495 e. The molecule has 0 spiro atoms. The summed E-state index contributed by atoms with van der Waals surface area (Å²) in [6.45, 7) is 6.23. The summed E-state index contributed by atoms with van der Waals surface area (Å²) in [5.74, 6) is 0.0589. The van der Waals surface area contributed by atoms with Crippen LogP contribution < -0.4 is 25.0 Å². The van der Waals surface area contributed by atoms with Gasteiger partial charge >= 0.3 is 0 Å². The molecular formula is C27H27Cl2FN6O3. The third-order valence-electron chi connectivity index (χ3n) is 6.61. The average Bonchev–Trinajstić information content (AvgIpc) is 3.30. The number of hydrogen-bond donors (Lipinski definition) is 3. The zero-order valence-corrected chi connectivity index (χ0v) is 23.3. The Kier molecular flexibility index (Phi) is 7.28. The molecule has 0 atom stereocenters. The Morgan fingerprint density at radius 3 is 2.46 bits per heavy atom. The predicted octanol–water partition coefficient (Wildman–Crippen LogP) is 5.53. The number of nitrogens with one attached hydrogen (secondary N) is 3. The summed E-state index contributed by atoms with van der Waals surface area (Å²) >= 11 is 13.1. The maximum Gasteiger partial charge on any atom is 0.256 e. The Balaban J connectivity index is 1.40. The van der Waals surface area contributed by atoms with E-state index in [2.05, 4.69) is 39.7 Å². The van der Waals surface area contributed by atoms with E-state index < -0.39 is 11.7 Å². The van der Waals surface area contributed by atoms with Crippen molar-refractivity contribution in [1.29, 1.82) is 0 Å². The number of anilines is 2. The van der Waals surface area contributed by atoms with Gasteiger partial charge in [-0.05, 0) is 44.2 Å². The molecule has 0 unspecified atom stereocenters. The molecular weight excluding hydrogens is 546 g/mol. The number of hydrogen-bond acceptors (Lipinski definition) is 7. The number of aromatic amines is 1. The molecule has 1 aliphatic heterocycles. The minimum atomic E-state index is -0.498. The number of piperazine rings is 1. The zero-order chi connectivity index (χ0) is 27.9. The molecule has 0 aliphatic carbocycles. The van der Waals surface area contributed by atoms with Crippen molar-refractivity contribution in [3.05, 3.63) is 57.8 Å². The standard InChI is InChI=1S/C27H27Cl2FN6O3/c1-27(2)13-36(10-9-31-27)18-8-5-14(11-16(18)30)26(37)33-25-15-6-7-17(32-24(15)34-35-25)21-22(28)19(38-3)12-20(39-4)23(21)29/h5-8,11-12,31H,9-10,13H2,1-4H3,(H2,32,33,34,35,37). The molecule has 1 fully saturated rings. The highest BCUT2D eigenvalue weighted by molar-refractivity contribution is 6.41. The Labute approximate surface area is 234 Å². The third-order valence-corrected chi connectivity index (χ3v) is 7.36. The number of aromatic nitrogens is 3. The molecule has 5 rings (SSSR count). The van der Waals surface area contributed by atoms with Crippen LogP contribution in [0.25, 0.3) is 22.3 Å². The number of methoxy groups -OCH3 is 2. The minimum Gasteiger partial charge on any atom is -0.495 e. The maximum atomic E-state index is 15.0. The van der Waals surface area contributed by atoms with Crippen molar-refractivity contribution in [1.82, 2.24) is 20.5 Å². The van der Waals surface area contributed by atoms with E-state index >= 15 is 4.39 Å². The van der Waals surface area contributed by atoms with Crippen LogP contribution in [0.15, 0.2) is 36.4 Å². The van der Waals surface area contributed by atoms with Gasteiger partial charge in [0.25, 0.3) is 5.91 Å². The number of carbonyl (C=O) groups excluding carboxylic acids is 1. The number of nitrogens with zero attached hydrogens (tertiary/aromatic N) is 3. The third kappa shape index (κ3) is 5.19. The Morgan fingerprint density at radius 1 is 1.10 bits per heavy atom. The molecule has 12 heteroatoms. The van der Waals surface area contributed by atoms with Crippen LogP contribution in [0, 0.1) is 5.82 Å². The van der Waals surface area contributed by atoms with Crippen LogP contribution in [0.2, 0.25) is 10.0 Å². The second-order valence-corrected chi connectivity index (χ2v) is 10.6. The molecule has 9 nitrogen and oxygen atoms in total. The van der Waals surface area contributed by atoms with Crippen molar-refractivity contribution >= 4 is 51.6 Å². The van der Waals surface area contributed by atoms with Crippen molar-refractivity contribution < 1.29 is 18.7 Å². The van der Waals surface area contributed by atoms with Gasteiger partial charge in [0.2, 0.25) is 0 Å².